The molecule has 0 radical (unpaired) electrons. The lowest BCUT2D eigenvalue weighted by molar-refractivity contribution is 0.295. The summed E-state index contributed by atoms with van der Waals surface area (Å²) in [5, 5.41) is 6.22. The van der Waals surface area contributed by atoms with Crippen LogP contribution in [0.2, 0.25) is 10.0 Å². The fourth-order valence-corrected chi connectivity index (χ4v) is 3.97. The second kappa shape index (κ2) is 11.5. The molecule has 1 unspecified atom stereocenters. The van der Waals surface area contributed by atoms with Crippen LogP contribution in [0.3, 0.4) is 0 Å². The lowest BCUT2D eigenvalue weighted by Gasteiger charge is -2.21. The van der Waals surface area contributed by atoms with Gasteiger partial charge in [-0.3, -0.25) is 0 Å². The second-order valence-electron chi connectivity index (χ2n) is 7.86. The van der Waals surface area contributed by atoms with Crippen molar-refractivity contribution in [1.82, 2.24) is 9.88 Å². The fraction of sp³-hybridized carbons (Fsp3) is 0.346. The molecule has 1 N–H and O–H groups in total. The molecule has 1 heterocycles. The lowest BCUT2D eigenvalue weighted by Crippen LogP contribution is -2.25. The number of hydrogen-bond acceptors (Lipinski definition) is 3. The number of pyridine rings is 1. The second-order valence-corrected chi connectivity index (χ2v) is 8.73. The number of nitrogens with zero attached hydrogens (tertiary/aromatic N) is 2. The Morgan fingerprint density at radius 3 is 2.39 bits per heavy atom. The van der Waals surface area contributed by atoms with Gasteiger partial charge in [-0.15, -0.1) is 0 Å². The zero-order valence-electron chi connectivity index (χ0n) is 18.5. The zero-order chi connectivity index (χ0) is 22.2. The molecule has 164 valence electrons. The Morgan fingerprint density at radius 2 is 1.68 bits per heavy atom. The van der Waals surface area contributed by atoms with E-state index in [-0.39, 0.29) is 0 Å². The summed E-state index contributed by atoms with van der Waals surface area (Å²) >= 11 is 12.2. The van der Waals surface area contributed by atoms with Gasteiger partial charge in [0.05, 0.1) is 11.2 Å². The molecule has 0 saturated carbocycles. The van der Waals surface area contributed by atoms with Crippen LogP contribution in [0.25, 0.3) is 23.1 Å². The highest BCUT2D eigenvalue weighted by molar-refractivity contribution is 6.31. The van der Waals surface area contributed by atoms with Gasteiger partial charge in [-0.25, -0.2) is 4.98 Å². The van der Waals surface area contributed by atoms with Gasteiger partial charge >= 0.3 is 0 Å². The number of benzene rings is 2. The first-order valence-electron chi connectivity index (χ1n) is 11.0. The Labute approximate surface area is 196 Å². The van der Waals surface area contributed by atoms with E-state index < -0.39 is 0 Å². The molecule has 3 rings (SSSR count). The van der Waals surface area contributed by atoms with Gasteiger partial charge in [-0.05, 0) is 87.4 Å². The summed E-state index contributed by atoms with van der Waals surface area (Å²) in [6.07, 6.45) is 6.37. The summed E-state index contributed by atoms with van der Waals surface area (Å²) in [5.41, 5.74) is 3.95. The van der Waals surface area contributed by atoms with Gasteiger partial charge in [0, 0.05) is 27.2 Å². The highest BCUT2D eigenvalue weighted by atomic mass is 35.5. The van der Waals surface area contributed by atoms with Crippen molar-refractivity contribution in [3.8, 4) is 0 Å². The van der Waals surface area contributed by atoms with Crippen molar-refractivity contribution in [2.24, 2.45) is 0 Å². The summed E-state index contributed by atoms with van der Waals surface area (Å²) < 4.78 is 0. The third-order valence-corrected chi connectivity index (χ3v) is 6.00. The summed E-state index contributed by atoms with van der Waals surface area (Å²) in [6.45, 7) is 10.0. The molecule has 31 heavy (non-hydrogen) atoms. The Hall–Kier alpha value is -2.07. The quantitative estimate of drug-likeness (QED) is 0.340. The molecule has 3 aromatic rings. The van der Waals surface area contributed by atoms with E-state index in [1.54, 1.807) is 0 Å². The maximum atomic E-state index is 6.25. The van der Waals surface area contributed by atoms with Gasteiger partial charge in [0.2, 0.25) is 0 Å². The third kappa shape index (κ3) is 6.96. The molecular weight excluding hydrogens is 425 g/mol. The average molecular weight is 456 g/mol. The molecule has 1 atom stereocenters. The van der Waals surface area contributed by atoms with Gasteiger partial charge < -0.3 is 10.2 Å². The molecule has 0 aliphatic rings. The molecule has 0 fully saturated rings. The Kier molecular flexibility index (Phi) is 8.77. The van der Waals surface area contributed by atoms with Gasteiger partial charge in [-0.2, -0.15) is 0 Å². The molecule has 0 spiro atoms. The number of halogens is 2. The number of anilines is 1. The summed E-state index contributed by atoms with van der Waals surface area (Å²) in [4.78, 5) is 7.27. The molecule has 1 aromatic heterocycles. The lowest BCUT2D eigenvalue weighted by atomic mass is 10.1. The predicted octanol–water partition coefficient (Wildman–Crippen LogP) is 7.63. The van der Waals surface area contributed by atoms with Crippen LogP contribution in [0.1, 0.15) is 44.9 Å². The van der Waals surface area contributed by atoms with Crippen molar-refractivity contribution in [3.63, 3.8) is 0 Å². The van der Waals surface area contributed by atoms with Crippen LogP contribution in [-0.4, -0.2) is 35.6 Å². The van der Waals surface area contributed by atoms with Crippen molar-refractivity contribution in [1.29, 1.82) is 0 Å². The minimum Gasteiger partial charge on any atom is -0.382 e. The van der Waals surface area contributed by atoms with Crippen LogP contribution in [0.4, 0.5) is 5.69 Å². The Balaban J connectivity index is 1.79. The summed E-state index contributed by atoms with van der Waals surface area (Å²) in [7, 11) is 0. The van der Waals surface area contributed by atoms with Crippen molar-refractivity contribution >= 4 is 51.9 Å². The van der Waals surface area contributed by atoms with Crippen molar-refractivity contribution in [3.05, 3.63) is 69.8 Å². The molecule has 3 nitrogen and oxygen atoms in total. The minimum absolute atomic E-state index is 0.366. The minimum atomic E-state index is 0.366. The smallest absolute Gasteiger partial charge is 0.0744 e. The first-order chi connectivity index (χ1) is 15.0. The molecule has 0 bridgehead atoms. The first kappa shape index (κ1) is 23.6. The number of aromatic nitrogens is 1. The third-order valence-electron chi connectivity index (χ3n) is 5.52. The van der Waals surface area contributed by atoms with E-state index in [2.05, 4.69) is 37.1 Å². The molecule has 0 aliphatic carbocycles. The Bertz CT molecular complexity index is 1010. The molecule has 0 amide bonds. The zero-order valence-corrected chi connectivity index (χ0v) is 20.0. The van der Waals surface area contributed by atoms with Crippen LogP contribution in [0.5, 0.6) is 0 Å². The van der Waals surface area contributed by atoms with E-state index >= 15 is 0 Å². The van der Waals surface area contributed by atoms with E-state index in [0.717, 1.165) is 58.9 Å². The van der Waals surface area contributed by atoms with E-state index in [4.69, 9.17) is 28.2 Å². The molecular formula is C26H31Cl2N3. The number of hydrogen-bond donors (Lipinski definition) is 1. The van der Waals surface area contributed by atoms with Crippen LogP contribution < -0.4 is 5.32 Å². The average Bonchev–Trinajstić information content (AvgIpc) is 2.76. The van der Waals surface area contributed by atoms with Crippen molar-refractivity contribution in [2.45, 2.75) is 39.7 Å². The SMILES string of the molecule is CCN(CC)CCCC(C)Nc1cc(C=Cc2ccc(Cl)cc2)nc2cc(Cl)ccc12. The largest absolute Gasteiger partial charge is 0.382 e. The molecule has 0 aliphatic heterocycles. The van der Waals surface area contributed by atoms with Crippen molar-refractivity contribution in [2.75, 3.05) is 25.0 Å². The maximum absolute atomic E-state index is 6.25. The molecule has 5 heteroatoms. The van der Waals surface area contributed by atoms with E-state index in [1.165, 1.54) is 6.42 Å². The fourth-order valence-electron chi connectivity index (χ4n) is 3.68. The normalized spacial score (nSPS) is 12.7. The van der Waals surface area contributed by atoms with Crippen LogP contribution in [0.15, 0.2) is 48.5 Å². The molecule has 0 saturated heterocycles. The number of nitrogens with one attached hydrogen (secondary N) is 1. The Morgan fingerprint density at radius 1 is 0.968 bits per heavy atom. The topological polar surface area (TPSA) is 28.2 Å². The summed E-state index contributed by atoms with van der Waals surface area (Å²) in [6, 6.07) is 16.1. The molecule has 2 aromatic carbocycles. The van der Waals surface area contributed by atoms with Gasteiger partial charge in [0.15, 0.2) is 0 Å². The monoisotopic (exact) mass is 455 g/mol. The standard InChI is InChI=1S/C26H31Cl2N3/c1-4-31(5-2)16-6-7-19(3)29-26-18-23(14-10-20-8-11-21(27)12-9-20)30-25-17-22(28)13-15-24(25)26/h8-15,17-19H,4-7,16H2,1-3H3,(H,29,30). The highest BCUT2D eigenvalue weighted by Gasteiger charge is 2.10. The highest BCUT2D eigenvalue weighted by Crippen LogP contribution is 2.28. The van der Waals surface area contributed by atoms with Crippen LogP contribution >= 0.6 is 23.2 Å². The van der Waals surface area contributed by atoms with Gasteiger partial charge in [0.25, 0.3) is 0 Å². The van der Waals surface area contributed by atoms with E-state index in [0.29, 0.717) is 11.1 Å². The number of rotatable bonds is 10. The summed E-state index contributed by atoms with van der Waals surface area (Å²) in [5.74, 6) is 0. The first-order valence-corrected chi connectivity index (χ1v) is 11.8. The van der Waals surface area contributed by atoms with Gasteiger partial charge in [0.1, 0.15) is 0 Å². The van der Waals surface area contributed by atoms with Crippen LogP contribution in [-0.2, 0) is 0 Å². The van der Waals surface area contributed by atoms with Crippen LogP contribution in [0, 0.1) is 0 Å². The predicted molar refractivity (Wildman–Crippen MR) is 137 cm³/mol. The van der Waals surface area contributed by atoms with E-state index in [9.17, 15) is 0 Å². The van der Waals surface area contributed by atoms with Gasteiger partial charge in [-0.1, -0.05) is 55.3 Å². The van der Waals surface area contributed by atoms with E-state index in [1.807, 2.05) is 54.6 Å². The maximum Gasteiger partial charge on any atom is 0.0744 e. The van der Waals surface area contributed by atoms with Crippen molar-refractivity contribution < 1.29 is 0 Å². The number of fused-ring (bicyclic) bond motifs is 1.